The Kier molecular flexibility index (Phi) is 2.27. The average molecular weight is 260 g/mol. The second-order valence-corrected chi connectivity index (χ2v) is 5.19. The first-order valence-electron chi connectivity index (χ1n) is 2.55. The topological polar surface area (TPSA) is 52.0 Å². The van der Waals surface area contributed by atoms with Crippen LogP contribution in [0.4, 0.5) is 0 Å². The summed E-state index contributed by atoms with van der Waals surface area (Å²) in [6.45, 7) is 0. The summed E-state index contributed by atoms with van der Waals surface area (Å²) in [6, 6.07) is 1.34. The van der Waals surface area contributed by atoms with Crippen LogP contribution < -0.4 is 0 Å². The Bertz CT molecular complexity index is 371. The number of hydrogen-bond acceptors (Lipinski definition) is 3. The van der Waals surface area contributed by atoms with Gasteiger partial charge in [0.15, 0.2) is 5.03 Å². The quantitative estimate of drug-likeness (QED) is 0.710. The summed E-state index contributed by atoms with van der Waals surface area (Å²) >= 11 is 3.02. The number of aryl methyl sites for hydroxylation is 1. The maximum atomic E-state index is 10.8. The predicted octanol–water partition coefficient (Wildman–Crippen LogP) is 1.11. The highest BCUT2D eigenvalue weighted by atomic mass is 79.9. The first-order chi connectivity index (χ1) is 4.91. The van der Waals surface area contributed by atoms with Crippen LogP contribution >= 0.6 is 26.6 Å². The summed E-state index contributed by atoms with van der Waals surface area (Å²) in [5.41, 5.74) is 0. The lowest BCUT2D eigenvalue weighted by Crippen LogP contribution is -2.00. The van der Waals surface area contributed by atoms with E-state index in [0.29, 0.717) is 4.60 Å². The summed E-state index contributed by atoms with van der Waals surface area (Å²) in [4.78, 5) is 0. The van der Waals surface area contributed by atoms with Crippen LogP contribution in [0.15, 0.2) is 15.7 Å². The van der Waals surface area contributed by atoms with E-state index in [2.05, 4.69) is 21.0 Å². The van der Waals surface area contributed by atoms with Crippen LogP contribution in [0.1, 0.15) is 0 Å². The molecular formula is C4H4BrClN2O2S. The molecule has 1 aromatic rings. The molecule has 0 spiro atoms. The van der Waals surface area contributed by atoms with Gasteiger partial charge in [0, 0.05) is 23.8 Å². The molecule has 11 heavy (non-hydrogen) atoms. The molecule has 62 valence electrons. The molecule has 7 heteroatoms. The molecular weight excluding hydrogens is 255 g/mol. The number of rotatable bonds is 1. The van der Waals surface area contributed by atoms with Gasteiger partial charge >= 0.3 is 0 Å². The van der Waals surface area contributed by atoms with Crippen molar-refractivity contribution in [2.75, 3.05) is 0 Å². The van der Waals surface area contributed by atoms with E-state index in [-0.39, 0.29) is 5.03 Å². The van der Waals surface area contributed by atoms with Crippen LogP contribution in [0.2, 0.25) is 0 Å². The molecule has 1 aromatic heterocycles. The SMILES string of the molecule is Cn1nc(Br)cc1S(=O)(=O)Cl. The van der Waals surface area contributed by atoms with E-state index in [1.54, 1.807) is 0 Å². The molecule has 0 unspecified atom stereocenters. The maximum absolute atomic E-state index is 10.8. The molecule has 4 nitrogen and oxygen atoms in total. The summed E-state index contributed by atoms with van der Waals surface area (Å²) in [5, 5.41) is 3.73. The third-order valence-electron chi connectivity index (χ3n) is 1.06. The fraction of sp³-hybridized carbons (Fsp3) is 0.250. The predicted molar refractivity (Wildman–Crippen MR) is 43.9 cm³/mol. The van der Waals surface area contributed by atoms with Gasteiger partial charge in [-0.25, -0.2) is 8.42 Å². The maximum Gasteiger partial charge on any atom is 0.278 e. The monoisotopic (exact) mass is 258 g/mol. The van der Waals surface area contributed by atoms with Crippen LogP contribution in [-0.2, 0) is 16.1 Å². The largest absolute Gasteiger partial charge is 0.278 e. The van der Waals surface area contributed by atoms with Crippen molar-refractivity contribution in [2.24, 2.45) is 7.05 Å². The number of nitrogens with zero attached hydrogens (tertiary/aromatic N) is 2. The first-order valence-corrected chi connectivity index (χ1v) is 5.65. The lowest BCUT2D eigenvalue weighted by atomic mass is 10.7. The normalized spacial score (nSPS) is 11.9. The van der Waals surface area contributed by atoms with Gasteiger partial charge in [0.2, 0.25) is 0 Å². The highest BCUT2D eigenvalue weighted by molar-refractivity contribution is 9.10. The molecule has 0 radical (unpaired) electrons. The van der Waals surface area contributed by atoms with Gasteiger partial charge in [-0.3, -0.25) is 4.68 Å². The molecule has 0 N–H and O–H groups in total. The summed E-state index contributed by atoms with van der Waals surface area (Å²) < 4.78 is 23.1. The van der Waals surface area contributed by atoms with E-state index in [9.17, 15) is 8.42 Å². The molecule has 0 fully saturated rings. The van der Waals surface area contributed by atoms with Crippen molar-refractivity contribution in [3.05, 3.63) is 10.7 Å². The zero-order valence-corrected chi connectivity index (χ0v) is 8.61. The number of halogens is 2. The average Bonchev–Trinajstić information content (AvgIpc) is 2.08. The summed E-state index contributed by atoms with van der Waals surface area (Å²) in [5.74, 6) is 0. The second-order valence-electron chi connectivity index (χ2n) is 1.87. The van der Waals surface area contributed by atoms with Gasteiger partial charge in [-0.2, -0.15) is 5.10 Å². The molecule has 0 aromatic carbocycles. The molecule has 0 saturated carbocycles. The lowest BCUT2D eigenvalue weighted by molar-refractivity contribution is 0.590. The minimum absolute atomic E-state index is 0.0222. The van der Waals surface area contributed by atoms with Crippen LogP contribution in [0.5, 0.6) is 0 Å². The zero-order chi connectivity index (χ0) is 8.65. The summed E-state index contributed by atoms with van der Waals surface area (Å²) in [6.07, 6.45) is 0. The molecule has 0 aliphatic rings. The molecule has 0 atom stereocenters. The van der Waals surface area contributed by atoms with E-state index in [1.807, 2.05) is 0 Å². The first kappa shape index (κ1) is 9.02. The van der Waals surface area contributed by atoms with Crippen LogP contribution in [0.3, 0.4) is 0 Å². The van der Waals surface area contributed by atoms with Crippen LogP contribution in [-0.4, -0.2) is 18.2 Å². The Labute approximate surface area is 76.7 Å². The van der Waals surface area contributed by atoms with Crippen LogP contribution in [0.25, 0.3) is 0 Å². The van der Waals surface area contributed by atoms with Gasteiger partial charge in [-0.1, -0.05) is 0 Å². The van der Waals surface area contributed by atoms with E-state index in [4.69, 9.17) is 10.7 Å². The van der Waals surface area contributed by atoms with Crippen LogP contribution in [0, 0.1) is 0 Å². The third-order valence-corrected chi connectivity index (χ3v) is 2.80. The van der Waals surface area contributed by atoms with Gasteiger partial charge in [-0.15, -0.1) is 0 Å². The zero-order valence-electron chi connectivity index (χ0n) is 5.45. The number of aromatic nitrogens is 2. The Morgan fingerprint density at radius 3 is 2.45 bits per heavy atom. The molecule has 0 saturated heterocycles. The van der Waals surface area contributed by atoms with Gasteiger partial charge in [0.25, 0.3) is 9.05 Å². The molecule has 0 bridgehead atoms. The van der Waals surface area contributed by atoms with Gasteiger partial charge in [0.1, 0.15) is 4.60 Å². The molecule has 0 aliphatic heterocycles. The van der Waals surface area contributed by atoms with E-state index >= 15 is 0 Å². The number of hydrogen-bond donors (Lipinski definition) is 0. The van der Waals surface area contributed by atoms with Gasteiger partial charge in [-0.05, 0) is 15.9 Å². The fourth-order valence-corrected chi connectivity index (χ4v) is 2.29. The lowest BCUT2D eigenvalue weighted by Gasteiger charge is -1.93. The van der Waals surface area contributed by atoms with Crippen molar-refractivity contribution in [1.29, 1.82) is 0 Å². The highest BCUT2D eigenvalue weighted by Crippen LogP contribution is 2.17. The van der Waals surface area contributed by atoms with Crippen molar-refractivity contribution in [3.63, 3.8) is 0 Å². The second kappa shape index (κ2) is 2.76. The van der Waals surface area contributed by atoms with Crippen molar-refractivity contribution in [1.82, 2.24) is 9.78 Å². The smallest absolute Gasteiger partial charge is 0.255 e. The van der Waals surface area contributed by atoms with E-state index < -0.39 is 9.05 Å². The molecule has 1 rings (SSSR count). The fourth-order valence-electron chi connectivity index (χ4n) is 0.645. The van der Waals surface area contributed by atoms with Gasteiger partial charge < -0.3 is 0 Å². The minimum Gasteiger partial charge on any atom is -0.255 e. The van der Waals surface area contributed by atoms with Crippen molar-refractivity contribution >= 4 is 35.7 Å². The molecule has 0 aliphatic carbocycles. The standard InChI is InChI=1S/C4H4BrClN2O2S/c1-8-4(11(6,9)10)2-3(5)7-8/h2H,1H3. The van der Waals surface area contributed by atoms with Crippen molar-refractivity contribution in [2.45, 2.75) is 5.03 Å². The van der Waals surface area contributed by atoms with E-state index in [1.165, 1.54) is 17.8 Å². The Morgan fingerprint density at radius 2 is 2.27 bits per heavy atom. The summed E-state index contributed by atoms with van der Waals surface area (Å²) in [7, 11) is 2.90. The Morgan fingerprint density at radius 1 is 1.73 bits per heavy atom. The molecule has 1 heterocycles. The Balaban J connectivity index is 3.36. The third kappa shape index (κ3) is 1.94. The van der Waals surface area contributed by atoms with Crippen molar-refractivity contribution < 1.29 is 8.42 Å². The highest BCUT2D eigenvalue weighted by Gasteiger charge is 2.15. The molecule has 0 amide bonds. The minimum atomic E-state index is -3.67. The van der Waals surface area contributed by atoms with Crippen molar-refractivity contribution in [3.8, 4) is 0 Å². The van der Waals surface area contributed by atoms with Gasteiger partial charge in [0.05, 0.1) is 0 Å². The Hall–Kier alpha value is -0.0700. The van der Waals surface area contributed by atoms with E-state index in [0.717, 1.165) is 0 Å².